The zero-order valence-corrected chi connectivity index (χ0v) is 13.1. The molecule has 2 heteroatoms. The molecule has 0 saturated heterocycles. The van der Waals surface area contributed by atoms with Crippen LogP contribution in [-0.4, -0.2) is 12.6 Å². The van der Waals surface area contributed by atoms with Crippen molar-refractivity contribution in [2.24, 2.45) is 11.5 Å². The van der Waals surface area contributed by atoms with E-state index in [2.05, 4.69) is 19.1 Å². The standard InChI is InChI=1S/C17H36N2/c1-2-3-4-11-14-17(19)15-12-9-7-5-6-8-10-13-16-18/h9,12,17H,2-8,10-11,13-16,18-19H2,1H3/b12-9-. The van der Waals surface area contributed by atoms with E-state index in [-0.39, 0.29) is 0 Å². The zero-order valence-electron chi connectivity index (χ0n) is 13.1. The molecule has 0 fully saturated rings. The third-order valence-corrected chi connectivity index (χ3v) is 3.61. The van der Waals surface area contributed by atoms with Crippen molar-refractivity contribution in [3.05, 3.63) is 12.2 Å². The quantitative estimate of drug-likeness (QED) is 0.359. The molecule has 0 aliphatic carbocycles. The second-order valence-electron chi connectivity index (χ2n) is 5.66. The van der Waals surface area contributed by atoms with E-state index >= 15 is 0 Å². The van der Waals surface area contributed by atoms with Crippen LogP contribution in [0.15, 0.2) is 12.2 Å². The van der Waals surface area contributed by atoms with Crippen LogP contribution in [0.4, 0.5) is 0 Å². The summed E-state index contributed by atoms with van der Waals surface area (Å²) in [7, 11) is 0. The Balaban J connectivity index is 3.22. The van der Waals surface area contributed by atoms with Crippen LogP contribution in [0.3, 0.4) is 0 Å². The van der Waals surface area contributed by atoms with Crippen molar-refractivity contribution in [3.63, 3.8) is 0 Å². The second kappa shape index (κ2) is 15.7. The van der Waals surface area contributed by atoms with Crippen molar-refractivity contribution < 1.29 is 0 Å². The summed E-state index contributed by atoms with van der Waals surface area (Å²) in [5.74, 6) is 0. The monoisotopic (exact) mass is 268 g/mol. The largest absolute Gasteiger partial charge is 0.330 e. The Hall–Kier alpha value is -0.340. The van der Waals surface area contributed by atoms with Crippen LogP contribution in [0.25, 0.3) is 0 Å². The molecule has 1 atom stereocenters. The Labute approximate surface area is 121 Å². The van der Waals surface area contributed by atoms with E-state index in [1.807, 2.05) is 0 Å². The summed E-state index contributed by atoms with van der Waals surface area (Å²) in [6.45, 7) is 3.09. The maximum absolute atomic E-state index is 6.09. The van der Waals surface area contributed by atoms with Gasteiger partial charge in [0.25, 0.3) is 0 Å². The van der Waals surface area contributed by atoms with Gasteiger partial charge in [0.15, 0.2) is 0 Å². The molecule has 0 aromatic heterocycles. The fourth-order valence-electron chi connectivity index (χ4n) is 2.28. The summed E-state index contributed by atoms with van der Waals surface area (Å²) in [5, 5.41) is 0. The number of allylic oxidation sites excluding steroid dienone is 1. The Morgan fingerprint density at radius 2 is 1.53 bits per heavy atom. The van der Waals surface area contributed by atoms with Gasteiger partial charge in [-0.2, -0.15) is 0 Å². The van der Waals surface area contributed by atoms with Crippen LogP contribution < -0.4 is 11.5 Å². The van der Waals surface area contributed by atoms with Gasteiger partial charge in [0, 0.05) is 6.04 Å². The molecule has 0 radical (unpaired) electrons. The highest BCUT2D eigenvalue weighted by Gasteiger charge is 1.99. The first-order valence-electron chi connectivity index (χ1n) is 8.42. The fourth-order valence-corrected chi connectivity index (χ4v) is 2.28. The van der Waals surface area contributed by atoms with Gasteiger partial charge in [0.1, 0.15) is 0 Å². The summed E-state index contributed by atoms with van der Waals surface area (Å²) < 4.78 is 0. The molecule has 4 N–H and O–H groups in total. The molecule has 0 aliphatic rings. The van der Waals surface area contributed by atoms with E-state index in [4.69, 9.17) is 11.5 Å². The van der Waals surface area contributed by atoms with Crippen LogP contribution in [0.2, 0.25) is 0 Å². The molecule has 0 saturated carbocycles. The normalized spacial score (nSPS) is 13.2. The maximum atomic E-state index is 6.09. The number of rotatable bonds is 14. The van der Waals surface area contributed by atoms with Crippen LogP contribution >= 0.6 is 0 Å². The molecule has 19 heavy (non-hydrogen) atoms. The molecular weight excluding hydrogens is 232 g/mol. The van der Waals surface area contributed by atoms with Crippen LogP contribution in [-0.2, 0) is 0 Å². The molecule has 0 heterocycles. The van der Waals surface area contributed by atoms with Crippen molar-refractivity contribution in [1.29, 1.82) is 0 Å². The van der Waals surface area contributed by atoms with Gasteiger partial charge in [-0.15, -0.1) is 0 Å². The molecule has 1 unspecified atom stereocenters. The molecule has 0 aliphatic heterocycles. The first-order valence-corrected chi connectivity index (χ1v) is 8.42. The van der Waals surface area contributed by atoms with Gasteiger partial charge >= 0.3 is 0 Å². The van der Waals surface area contributed by atoms with Gasteiger partial charge in [-0.25, -0.2) is 0 Å². The molecule has 2 nitrogen and oxygen atoms in total. The average molecular weight is 268 g/mol. The SMILES string of the molecule is CCCCCCC(N)C/C=C\CCCCCCCN. The Morgan fingerprint density at radius 1 is 0.842 bits per heavy atom. The summed E-state index contributed by atoms with van der Waals surface area (Å²) in [6.07, 6.45) is 19.8. The number of hydrogen-bond acceptors (Lipinski definition) is 2. The highest BCUT2D eigenvalue weighted by Crippen LogP contribution is 2.08. The lowest BCUT2D eigenvalue weighted by Gasteiger charge is -2.08. The van der Waals surface area contributed by atoms with E-state index in [9.17, 15) is 0 Å². The minimum atomic E-state index is 0.373. The molecule has 0 rings (SSSR count). The molecule has 0 amide bonds. The van der Waals surface area contributed by atoms with E-state index in [0.717, 1.165) is 13.0 Å². The first kappa shape index (κ1) is 18.7. The van der Waals surface area contributed by atoms with Crippen molar-refractivity contribution >= 4 is 0 Å². The van der Waals surface area contributed by atoms with Crippen molar-refractivity contribution in [1.82, 2.24) is 0 Å². The maximum Gasteiger partial charge on any atom is 0.00734 e. The van der Waals surface area contributed by atoms with Crippen molar-refractivity contribution in [3.8, 4) is 0 Å². The second-order valence-corrected chi connectivity index (χ2v) is 5.66. The Kier molecular flexibility index (Phi) is 15.4. The predicted molar refractivity (Wildman–Crippen MR) is 87.2 cm³/mol. The zero-order chi connectivity index (χ0) is 14.2. The smallest absolute Gasteiger partial charge is 0.00734 e. The first-order chi connectivity index (χ1) is 9.31. The third-order valence-electron chi connectivity index (χ3n) is 3.61. The van der Waals surface area contributed by atoms with Gasteiger partial charge in [0.2, 0.25) is 0 Å². The molecule has 114 valence electrons. The van der Waals surface area contributed by atoms with Gasteiger partial charge in [-0.05, 0) is 38.6 Å². The Bertz CT molecular complexity index is 190. The van der Waals surface area contributed by atoms with Crippen molar-refractivity contribution in [2.45, 2.75) is 90.0 Å². The highest BCUT2D eigenvalue weighted by atomic mass is 14.6. The van der Waals surface area contributed by atoms with E-state index in [1.165, 1.54) is 70.6 Å². The van der Waals surface area contributed by atoms with Crippen LogP contribution in [0.5, 0.6) is 0 Å². The topological polar surface area (TPSA) is 52.0 Å². The lowest BCUT2D eigenvalue weighted by atomic mass is 10.0. The van der Waals surface area contributed by atoms with E-state index < -0.39 is 0 Å². The molecular formula is C17H36N2. The van der Waals surface area contributed by atoms with E-state index in [1.54, 1.807) is 0 Å². The van der Waals surface area contributed by atoms with Crippen LogP contribution in [0, 0.1) is 0 Å². The Morgan fingerprint density at radius 3 is 2.26 bits per heavy atom. The van der Waals surface area contributed by atoms with Gasteiger partial charge in [-0.1, -0.05) is 64.0 Å². The fraction of sp³-hybridized carbons (Fsp3) is 0.882. The minimum absolute atomic E-state index is 0.373. The molecule has 0 aromatic carbocycles. The van der Waals surface area contributed by atoms with Gasteiger partial charge in [-0.3, -0.25) is 0 Å². The molecule has 0 spiro atoms. The summed E-state index contributed by atoms with van der Waals surface area (Å²) in [6, 6.07) is 0.373. The van der Waals surface area contributed by atoms with Gasteiger partial charge in [0.05, 0.1) is 0 Å². The molecule has 0 bridgehead atoms. The summed E-state index contributed by atoms with van der Waals surface area (Å²) >= 11 is 0. The number of hydrogen-bond donors (Lipinski definition) is 2. The van der Waals surface area contributed by atoms with Gasteiger partial charge < -0.3 is 11.5 Å². The number of unbranched alkanes of at least 4 members (excludes halogenated alkanes) is 8. The molecule has 0 aromatic rings. The summed E-state index contributed by atoms with van der Waals surface area (Å²) in [5.41, 5.74) is 11.6. The van der Waals surface area contributed by atoms with Crippen LogP contribution in [0.1, 0.15) is 84.0 Å². The highest BCUT2D eigenvalue weighted by molar-refractivity contribution is 4.85. The lowest BCUT2D eigenvalue weighted by molar-refractivity contribution is 0.551. The van der Waals surface area contributed by atoms with Crippen molar-refractivity contribution in [2.75, 3.05) is 6.54 Å². The average Bonchev–Trinajstić information content (AvgIpc) is 2.42. The lowest BCUT2D eigenvalue weighted by Crippen LogP contribution is -2.18. The third kappa shape index (κ3) is 15.6. The van der Waals surface area contributed by atoms with E-state index in [0.29, 0.717) is 6.04 Å². The summed E-state index contributed by atoms with van der Waals surface area (Å²) in [4.78, 5) is 0. The number of nitrogens with two attached hydrogens (primary N) is 2. The predicted octanol–water partition coefficient (Wildman–Crippen LogP) is 4.53. The minimum Gasteiger partial charge on any atom is -0.330 e.